The van der Waals surface area contributed by atoms with E-state index in [4.69, 9.17) is 33.7 Å². The fourth-order valence-electron chi connectivity index (χ4n) is 2.81. The van der Waals surface area contributed by atoms with Crippen LogP contribution in [0, 0.1) is 10.1 Å². The first-order valence-corrected chi connectivity index (χ1v) is 9.83. The van der Waals surface area contributed by atoms with Gasteiger partial charge in [-0.25, -0.2) is 9.78 Å². The number of carbonyl (C=O) groups is 1. The summed E-state index contributed by atoms with van der Waals surface area (Å²) >= 11 is 11.8. The van der Waals surface area contributed by atoms with Gasteiger partial charge < -0.3 is 21.1 Å². The first-order chi connectivity index (χ1) is 15.5. The summed E-state index contributed by atoms with van der Waals surface area (Å²) in [5, 5.41) is 14.6. The number of nitrogens with two attached hydrogens (primary N) is 1. The van der Waals surface area contributed by atoms with E-state index in [9.17, 15) is 28.1 Å². The maximum atomic E-state index is 13.0. The van der Waals surface area contributed by atoms with Gasteiger partial charge in [0.2, 0.25) is 11.6 Å². The number of hydrogen-bond acceptors (Lipinski definition) is 6. The largest absolute Gasteiger partial charge is 0.453 e. The highest BCUT2D eigenvalue weighted by atomic mass is 35.5. The van der Waals surface area contributed by atoms with Crippen molar-refractivity contribution < 1.29 is 27.6 Å². The predicted molar refractivity (Wildman–Crippen MR) is 115 cm³/mol. The molecule has 1 heterocycles. The Labute approximate surface area is 194 Å². The number of ether oxygens (including phenoxy) is 1. The Balaban J connectivity index is 1.70. The van der Waals surface area contributed by atoms with Crippen molar-refractivity contribution in [3.63, 3.8) is 0 Å². The number of urea groups is 1. The van der Waals surface area contributed by atoms with Gasteiger partial charge in [0.05, 0.1) is 20.9 Å². The maximum Gasteiger partial charge on any atom is 0.417 e. The van der Waals surface area contributed by atoms with Gasteiger partial charge in [-0.1, -0.05) is 11.6 Å². The van der Waals surface area contributed by atoms with Gasteiger partial charge in [0.25, 0.3) is 0 Å². The maximum absolute atomic E-state index is 13.0. The van der Waals surface area contributed by atoms with E-state index < -0.39 is 38.8 Å². The highest BCUT2D eigenvalue weighted by molar-refractivity contribution is 6.31. The lowest BCUT2D eigenvalue weighted by Crippen LogP contribution is -2.31. The summed E-state index contributed by atoms with van der Waals surface area (Å²) in [6.45, 7) is 0. The molecular weight excluding hydrogens is 490 g/mol. The van der Waals surface area contributed by atoms with Crippen molar-refractivity contribution in [1.82, 2.24) is 10.3 Å². The van der Waals surface area contributed by atoms with Gasteiger partial charge in [0, 0.05) is 30.1 Å². The second-order valence-corrected chi connectivity index (χ2v) is 7.54. The molecule has 0 fully saturated rings. The molecule has 0 radical (unpaired) electrons. The number of nitro groups is 1. The van der Waals surface area contributed by atoms with Gasteiger partial charge >= 0.3 is 17.9 Å². The van der Waals surface area contributed by atoms with Crippen LogP contribution in [-0.4, -0.2) is 21.3 Å². The lowest BCUT2D eigenvalue weighted by molar-refractivity contribution is -0.385. The van der Waals surface area contributed by atoms with Crippen LogP contribution in [0.15, 0.2) is 54.1 Å². The summed E-state index contributed by atoms with van der Waals surface area (Å²) in [6, 6.07) is 3.39. The number of carbonyl (C=O) groups excluding carboxylic acids is 1. The van der Waals surface area contributed by atoms with Gasteiger partial charge in [-0.3, -0.25) is 10.1 Å². The van der Waals surface area contributed by atoms with E-state index in [1.807, 2.05) is 0 Å². The molecule has 0 bridgehead atoms. The summed E-state index contributed by atoms with van der Waals surface area (Å²) in [5.41, 5.74) is 4.12. The number of rotatable bonds is 5. The molecule has 174 valence electrons. The van der Waals surface area contributed by atoms with Crippen LogP contribution in [0.25, 0.3) is 0 Å². The van der Waals surface area contributed by atoms with Gasteiger partial charge in [0.1, 0.15) is 5.76 Å². The van der Waals surface area contributed by atoms with Crippen molar-refractivity contribution in [3.05, 3.63) is 74.8 Å². The number of nitrogens with zero attached hydrogens (tertiary/aromatic N) is 2. The highest BCUT2D eigenvalue weighted by Gasteiger charge is 2.33. The lowest BCUT2D eigenvalue weighted by Gasteiger charge is -2.21. The van der Waals surface area contributed by atoms with Crippen molar-refractivity contribution in [3.8, 4) is 5.75 Å². The first kappa shape index (κ1) is 24.1. The van der Waals surface area contributed by atoms with Gasteiger partial charge in [0.15, 0.2) is 0 Å². The molecule has 2 aromatic rings. The summed E-state index contributed by atoms with van der Waals surface area (Å²) < 4.78 is 44.4. The van der Waals surface area contributed by atoms with E-state index in [1.165, 1.54) is 30.5 Å². The Hall–Kier alpha value is -3.51. The molecule has 0 saturated carbocycles. The topological polar surface area (TPSA) is 132 Å². The summed E-state index contributed by atoms with van der Waals surface area (Å²) in [4.78, 5) is 26.3. The third kappa shape index (κ3) is 5.84. The smallest absolute Gasteiger partial charge is 0.417 e. The van der Waals surface area contributed by atoms with E-state index in [1.54, 1.807) is 0 Å². The number of anilines is 2. The Kier molecular flexibility index (Phi) is 6.98. The minimum absolute atomic E-state index is 0.0591. The van der Waals surface area contributed by atoms with E-state index in [-0.39, 0.29) is 29.4 Å². The molecule has 1 aromatic carbocycles. The number of halogens is 5. The van der Waals surface area contributed by atoms with Crippen molar-refractivity contribution in [2.24, 2.45) is 0 Å². The zero-order chi connectivity index (χ0) is 24.3. The summed E-state index contributed by atoms with van der Waals surface area (Å²) in [5.74, 6) is -0.329. The fraction of sp³-hybridized carbons (Fsp3) is 0.158. The lowest BCUT2D eigenvalue weighted by atomic mass is 10.1. The predicted octanol–water partition coefficient (Wildman–Crippen LogP) is 5.22. The molecule has 1 unspecified atom stereocenters. The van der Waals surface area contributed by atoms with E-state index >= 15 is 0 Å². The third-order valence-electron chi connectivity index (χ3n) is 4.29. The number of nitrogens with one attached hydrogen (secondary N) is 2. The van der Waals surface area contributed by atoms with Crippen LogP contribution in [0.5, 0.6) is 5.75 Å². The molecule has 0 aliphatic heterocycles. The van der Waals surface area contributed by atoms with Crippen molar-refractivity contribution in [2.75, 3.05) is 11.1 Å². The molecule has 2 amide bonds. The van der Waals surface area contributed by atoms with Crippen LogP contribution >= 0.6 is 23.2 Å². The molecule has 3 rings (SSSR count). The molecule has 33 heavy (non-hydrogen) atoms. The van der Waals surface area contributed by atoms with Gasteiger partial charge in [-0.2, -0.15) is 13.2 Å². The standard InChI is InChI=1S/C19H14Cl2F3N5O4/c20-12-3-1-9(7-11(12)19(22,23)24)27-18(30)28-10-2-4-14(13(21)8-10)33-15-5-6-26-17(25)16(15)29(31)32/h1-7,13H,8H2,(H2,25,26)(H2,27,28,30). The Morgan fingerprint density at radius 1 is 1.27 bits per heavy atom. The van der Waals surface area contributed by atoms with E-state index in [0.717, 1.165) is 6.07 Å². The summed E-state index contributed by atoms with van der Waals surface area (Å²) in [6.07, 6.45) is -0.560. The number of aromatic nitrogens is 1. The molecule has 1 aliphatic rings. The van der Waals surface area contributed by atoms with Gasteiger partial charge in [-0.05, 0) is 30.4 Å². The number of pyridine rings is 1. The molecule has 0 spiro atoms. The Morgan fingerprint density at radius 2 is 2.00 bits per heavy atom. The average molecular weight is 504 g/mol. The fourth-order valence-corrected chi connectivity index (χ4v) is 3.32. The molecule has 1 aromatic heterocycles. The molecule has 0 saturated heterocycles. The van der Waals surface area contributed by atoms with Crippen LogP contribution in [-0.2, 0) is 6.18 Å². The highest BCUT2D eigenvalue weighted by Crippen LogP contribution is 2.37. The monoisotopic (exact) mass is 503 g/mol. The number of allylic oxidation sites excluding steroid dienone is 4. The summed E-state index contributed by atoms with van der Waals surface area (Å²) in [7, 11) is 0. The number of hydrogen-bond donors (Lipinski definition) is 3. The minimum Gasteiger partial charge on any atom is -0.453 e. The quantitative estimate of drug-likeness (QED) is 0.291. The minimum atomic E-state index is -4.68. The molecule has 1 aliphatic carbocycles. The number of alkyl halides is 4. The zero-order valence-corrected chi connectivity index (χ0v) is 17.8. The first-order valence-electron chi connectivity index (χ1n) is 9.02. The third-order valence-corrected chi connectivity index (χ3v) is 4.99. The Bertz CT molecular complexity index is 1170. The van der Waals surface area contributed by atoms with Crippen LogP contribution in [0.4, 0.5) is 35.2 Å². The number of amides is 2. The van der Waals surface area contributed by atoms with Crippen molar-refractivity contribution in [1.29, 1.82) is 0 Å². The molecule has 14 heteroatoms. The zero-order valence-electron chi connectivity index (χ0n) is 16.3. The SMILES string of the molecule is Nc1nccc(OC2=CC=C(NC(=O)Nc3ccc(Cl)c(C(F)(F)F)c3)CC2Cl)c1[N+](=O)[O-]. The second kappa shape index (κ2) is 9.55. The normalized spacial score (nSPS) is 15.8. The van der Waals surface area contributed by atoms with Crippen LogP contribution in [0.2, 0.25) is 5.02 Å². The molecule has 1 atom stereocenters. The average Bonchev–Trinajstić information content (AvgIpc) is 2.70. The Morgan fingerprint density at radius 3 is 2.64 bits per heavy atom. The molecular formula is C19H14Cl2F3N5O4. The number of benzene rings is 1. The van der Waals surface area contributed by atoms with Crippen LogP contribution in [0.3, 0.4) is 0 Å². The second-order valence-electron chi connectivity index (χ2n) is 6.61. The van der Waals surface area contributed by atoms with E-state index in [0.29, 0.717) is 11.8 Å². The van der Waals surface area contributed by atoms with E-state index in [2.05, 4.69) is 15.6 Å². The van der Waals surface area contributed by atoms with Crippen LogP contribution in [0.1, 0.15) is 12.0 Å². The van der Waals surface area contributed by atoms with Crippen LogP contribution < -0.4 is 21.1 Å². The van der Waals surface area contributed by atoms with Crippen molar-refractivity contribution in [2.45, 2.75) is 18.0 Å². The van der Waals surface area contributed by atoms with Crippen molar-refractivity contribution >= 4 is 46.4 Å². The van der Waals surface area contributed by atoms with Gasteiger partial charge in [-0.15, -0.1) is 11.6 Å². The number of nitrogen functional groups attached to an aromatic ring is 1. The molecule has 4 N–H and O–H groups in total. The molecule has 9 nitrogen and oxygen atoms in total.